The van der Waals surface area contributed by atoms with Crippen LogP contribution in [-0.2, 0) is 9.53 Å². The first-order chi connectivity index (χ1) is 12.9. The molecular formula is C19H20FN3O4. The van der Waals surface area contributed by atoms with E-state index in [1.54, 1.807) is 25.1 Å². The summed E-state index contributed by atoms with van der Waals surface area (Å²) < 4.78 is 23.3. The molecule has 0 saturated heterocycles. The third kappa shape index (κ3) is 6.43. The van der Waals surface area contributed by atoms with Gasteiger partial charge >= 0.3 is 6.03 Å². The minimum Gasteiger partial charge on any atom is -0.502 e. The zero-order valence-corrected chi connectivity index (χ0v) is 15.0. The van der Waals surface area contributed by atoms with E-state index in [2.05, 4.69) is 22.2 Å². The van der Waals surface area contributed by atoms with Gasteiger partial charge in [-0.05, 0) is 36.8 Å². The number of aromatic nitrogens is 1. The van der Waals surface area contributed by atoms with Crippen molar-refractivity contribution in [3.8, 4) is 11.6 Å². The number of nitrogens with zero attached hydrogens (tertiary/aromatic N) is 1. The number of benzene rings is 1. The number of aryl methyl sites for hydroxylation is 1. The van der Waals surface area contributed by atoms with Crippen LogP contribution in [0.25, 0.3) is 0 Å². The van der Waals surface area contributed by atoms with Crippen LogP contribution in [0.3, 0.4) is 0 Å². The van der Waals surface area contributed by atoms with Crippen LogP contribution in [-0.4, -0.2) is 24.0 Å². The Morgan fingerprint density at radius 3 is 2.63 bits per heavy atom. The number of carbonyl (C=O) groups excluding carboxylic acids is 2. The molecule has 1 aromatic carbocycles. The molecule has 0 unspecified atom stereocenters. The van der Waals surface area contributed by atoms with Gasteiger partial charge in [-0.15, -0.1) is 0 Å². The Morgan fingerprint density at radius 2 is 2.00 bits per heavy atom. The third-order valence-electron chi connectivity index (χ3n) is 3.52. The number of allylic oxidation sites excluding steroid dienone is 1. The molecule has 0 fully saturated rings. The van der Waals surface area contributed by atoms with Gasteiger partial charge in [-0.25, -0.2) is 14.2 Å². The predicted molar refractivity (Wildman–Crippen MR) is 98.0 cm³/mol. The highest BCUT2D eigenvalue weighted by Gasteiger charge is 2.10. The van der Waals surface area contributed by atoms with Gasteiger partial charge in [0.2, 0.25) is 11.8 Å². The number of methoxy groups -OCH3 is 1. The molecule has 1 aromatic heterocycles. The molecule has 0 bridgehead atoms. The van der Waals surface area contributed by atoms with Gasteiger partial charge in [0.25, 0.3) is 0 Å². The van der Waals surface area contributed by atoms with Crippen LogP contribution in [0.15, 0.2) is 48.9 Å². The number of rotatable bonds is 7. The molecule has 0 atom stereocenters. The van der Waals surface area contributed by atoms with Crippen molar-refractivity contribution in [2.45, 2.75) is 19.8 Å². The van der Waals surface area contributed by atoms with E-state index in [0.717, 1.165) is 11.8 Å². The first-order valence-electron chi connectivity index (χ1n) is 8.10. The Labute approximate surface area is 156 Å². The maximum absolute atomic E-state index is 12.9. The monoisotopic (exact) mass is 373 g/mol. The summed E-state index contributed by atoms with van der Waals surface area (Å²) in [7, 11) is 1.47. The lowest BCUT2D eigenvalue weighted by molar-refractivity contribution is -0.120. The van der Waals surface area contributed by atoms with Crippen LogP contribution in [0.4, 0.5) is 14.9 Å². The van der Waals surface area contributed by atoms with Gasteiger partial charge < -0.3 is 14.8 Å². The molecule has 0 aliphatic heterocycles. The van der Waals surface area contributed by atoms with Crippen molar-refractivity contribution in [1.29, 1.82) is 0 Å². The lowest BCUT2D eigenvalue weighted by atomic mass is 10.2. The summed E-state index contributed by atoms with van der Waals surface area (Å²) in [6.07, 6.45) is 1.48. The molecule has 2 N–H and O–H groups in total. The van der Waals surface area contributed by atoms with Crippen molar-refractivity contribution < 1.29 is 23.5 Å². The average Bonchev–Trinajstić information content (AvgIpc) is 2.63. The largest absolute Gasteiger partial charge is 0.502 e. The molecule has 3 amide bonds. The number of pyridine rings is 1. The normalized spacial score (nSPS) is 10.0. The zero-order valence-electron chi connectivity index (χ0n) is 15.0. The second-order valence-electron chi connectivity index (χ2n) is 5.64. The van der Waals surface area contributed by atoms with Crippen LogP contribution in [0, 0.1) is 12.7 Å². The standard InChI is InChI=1S/C19H20FN3O4/c1-12-10-15(22-19(25)23-17(24)8-4-13(2)26-3)6-7-16(12)27-18-9-5-14(20)11-21-18/h5-7,9-11H,2,4,8H2,1,3H3,(H2,22,23,24,25). The molecule has 142 valence electrons. The van der Waals surface area contributed by atoms with Gasteiger partial charge in [0.05, 0.1) is 19.1 Å². The van der Waals surface area contributed by atoms with Crippen molar-refractivity contribution in [1.82, 2.24) is 10.3 Å². The molecule has 27 heavy (non-hydrogen) atoms. The number of imide groups is 1. The molecule has 0 saturated carbocycles. The van der Waals surface area contributed by atoms with Crippen LogP contribution < -0.4 is 15.4 Å². The molecule has 0 spiro atoms. The van der Waals surface area contributed by atoms with E-state index in [4.69, 9.17) is 9.47 Å². The number of ether oxygens (including phenoxy) is 2. The SMILES string of the molecule is C=C(CCC(=O)NC(=O)Nc1ccc(Oc2ccc(F)cn2)c(C)c1)OC. The Hall–Kier alpha value is -3.42. The fraction of sp³-hybridized carbons (Fsp3) is 0.211. The van der Waals surface area contributed by atoms with Crippen molar-refractivity contribution >= 4 is 17.6 Å². The van der Waals surface area contributed by atoms with Gasteiger partial charge in [0.15, 0.2) is 0 Å². The van der Waals surface area contributed by atoms with E-state index in [0.29, 0.717) is 23.6 Å². The summed E-state index contributed by atoms with van der Waals surface area (Å²) in [4.78, 5) is 27.4. The lowest BCUT2D eigenvalue weighted by Gasteiger charge is -2.11. The second-order valence-corrected chi connectivity index (χ2v) is 5.64. The fourth-order valence-electron chi connectivity index (χ4n) is 2.08. The van der Waals surface area contributed by atoms with Crippen LogP contribution in [0.2, 0.25) is 0 Å². The first-order valence-corrected chi connectivity index (χ1v) is 8.10. The minimum absolute atomic E-state index is 0.0938. The number of hydrogen-bond donors (Lipinski definition) is 2. The van der Waals surface area contributed by atoms with Gasteiger partial charge in [-0.3, -0.25) is 10.1 Å². The molecule has 1 heterocycles. The Morgan fingerprint density at radius 1 is 1.22 bits per heavy atom. The summed E-state index contributed by atoms with van der Waals surface area (Å²) in [5, 5.41) is 4.79. The number of amides is 3. The van der Waals surface area contributed by atoms with E-state index in [1.807, 2.05) is 0 Å². The van der Waals surface area contributed by atoms with E-state index >= 15 is 0 Å². The number of hydrogen-bond acceptors (Lipinski definition) is 5. The average molecular weight is 373 g/mol. The van der Waals surface area contributed by atoms with Crippen molar-refractivity contribution in [3.05, 3.63) is 60.2 Å². The molecular weight excluding hydrogens is 353 g/mol. The molecule has 8 heteroatoms. The van der Waals surface area contributed by atoms with Crippen molar-refractivity contribution in [2.75, 3.05) is 12.4 Å². The molecule has 0 radical (unpaired) electrons. The van der Waals surface area contributed by atoms with Crippen molar-refractivity contribution in [2.24, 2.45) is 0 Å². The Kier molecular flexibility index (Phi) is 6.87. The summed E-state index contributed by atoms with van der Waals surface area (Å²) in [5.74, 6) is 0.332. The van der Waals surface area contributed by atoms with Crippen LogP contribution >= 0.6 is 0 Å². The highest BCUT2D eigenvalue weighted by atomic mass is 19.1. The van der Waals surface area contributed by atoms with E-state index in [-0.39, 0.29) is 12.3 Å². The Bertz CT molecular complexity index is 837. The highest BCUT2D eigenvalue weighted by molar-refractivity contribution is 6.01. The number of urea groups is 1. The number of halogens is 1. The maximum atomic E-state index is 12.9. The maximum Gasteiger partial charge on any atom is 0.325 e. The molecule has 0 aliphatic rings. The van der Waals surface area contributed by atoms with Gasteiger partial charge in [0.1, 0.15) is 11.6 Å². The molecule has 0 aliphatic carbocycles. The quantitative estimate of drug-likeness (QED) is 0.718. The number of anilines is 1. The predicted octanol–water partition coefficient (Wildman–Crippen LogP) is 3.91. The zero-order chi connectivity index (χ0) is 19.8. The highest BCUT2D eigenvalue weighted by Crippen LogP contribution is 2.26. The van der Waals surface area contributed by atoms with E-state index in [1.165, 1.54) is 19.2 Å². The fourth-order valence-corrected chi connectivity index (χ4v) is 2.08. The van der Waals surface area contributed by atoms with Gasteiger partial charge in [-0.1, -0.05) is 6.58 Å². The summed E-state index contributed by atoms with van der Waals surface area (Å²) in [5.41, 5.74) is 1.21. The van der Waals surface area contributed by atoms with Gasteiger partial charge in [-0.2, -0.15) is 0 Å². The topological polar surface area (TPSA) is 89.6 Å². The minimum atomic E-state index is -0.642. The second kappa shape index (κ2) is 9.33. The molecule has 2 aromatic rings. The first kappa shape index (κ1) is 19.9. The van der Waals surface area contributed by atoms with Crippen LogP contribution in [0.5, 0.6) is 11.6 Å². The third-order valence-corrected chi connectivity index (χ3v) is 3.52. The Balaban J connectivity index is 1.90. The number of nitrogens with one attached hydrogen (secondary N) is 2. The molecule has 2 rings (SSSR count). The van der Waals surface area contributed by atoms with E-state index < -0.39 is 17.8 Å². The van der Waals surface area contributed by atoms with E-state index in [9.17, 15) is 14.0 Å². The number of carbonyl (C=O) groups is 2. The summed E-state index contributed by atoms with van der Waals surface area (Å²) in [6.45, 7) is 5.39. The smallest absolute Gasteiger partial charge is 0.325 e. The summed E-state index contributed by atoms with van der Waals surface area (Å²) in [6, 6.07) is 6.95. The van der Waals surface area contributed by atoms with Gasteiger partial charge in [0, 0.05) is 24.6 Å². The lowest BCUT2D eigenvalue weighted by Crippen LogP contribution is -2.34. The van der Waals surface area contributed by atoms with Crippen molar-refractivity contribution in [3.63, 3.8) is 0 Å². The van der Waals surface area contributed by atoms with Crippen LogP contribution in [0.1, 0.15) is 18.4 Å². The summed E-state index contributed by atoms with van der Waals surface area (Å²) >= 11 is 0. The molecule has 7 nitrogen and oxygen atoms in total.